The van der Waals surface area contributed by atoms with E-state index in [0.29, 0.717) is 11.3 Å². The Morgan fingerprint density at radius 1 is 1.22 bits per heavy atom. The minimum atomic E-state index is 0.486. The summed E-state index contributed by atoms with van der Waals surface area (Å²) in [6.45, 7) is 7.23. The predicted molar refractivity (Wildman–Crippen MR) is 96.1 cm³/mol. The highest BCUT2D eigenvalue weighted by molar-refractivity contribution is 5.43. The van der Waals surface area contributed by atoms with Gasteiger partial charge in [-0.25, -0.2) is 0 Å². The lowest BCUT2D eigenvalue weighted by Gasteiger charge is -2.51. The van der Waals surface area contributed by atoms with Crippen molar-refractivity contribution in [3.63, 3.8) is 0 Å². The van der Waals surface area contributed by atoms with Crippen molar-refractivity contribution in [1.29, 1.82) is 0 Å². The average molecular weight is 310 g/mol. The van der Waals surface area contributed by atoms with Gasteiger partial charge in [0, 0.05) is 0 Å². The van der Waals surface area contributed by atoms with E-state index in [1.54, 1.807) is 23.8 Å². The number of fused-ring (bicyclic) bond motifs is 5. The first-order valence-electron chi connectivity index (χ1n) is 9.42. The van der Waals surface area contributed by atoms with E-state index >= 15 is 0 Å². The third-order valence-electron chi connectivity index (χ3n) is 7.48. The van der Waals surface area contributed by atoms with Gasteiger partial charge in [-0.05, 0) is 91.4 Å². The topological polar surface area (TPSA) is 9.23 Å². The molecule has 2 saturated carbocycles. The maximum Gasteiger partial charge on any atom is 0.119 e. The molecule has 0 N–H and O–H groups in total. The van der Waals surface area contributed by atoms with Gasteiger partial charge in [-0.3, -0.25) is 0 Å². The molecule has 0 aromatic heterocycles. The van der Waals surface area contributed by atoms with Gasteiger partial charge in [0.25, 0.3) is 0 Å². The number of rotatable bonds is 1. The van der Waals surface area contributed by atoms with Crippen molar-refractivity contribution in [2.24, 2.45) is 17.3 Å². The fourth-order valence-electron chi connectivity index (χ4n) is 6.30. The Labute approximate surface area is 141 Å². The zero-order chi connectivity index (χ0) is 16.2. The Morgan fingerprint density at radius 2 is 2.04 bits per heavy atom. The zero-order valence-electron chi connectivity index (χ0n) is 15.1. The minimum absolute atomic E-state index is 0.486. The first kappa shape index (κ1) is 15.3. The zero-order valence-corrected chi connectivity index (χ0v) is 15.1. The SMILES string of the molecule is C/C=C1\CC[C@H]2[C@@H]3C[C@H](C)c4cc(OC)ccc4[C@H]3CC[C@]12C. The summed E-state index contributed by atoms with van der Waals surface area (Å²) in [6, 6.07) is 6.85. The molecule has 3 aliphatic carbocycles. The monoisotopic (exact) mass is 310 g/mol. The van der Waals surface area contributed by atoms with Crippen molar-refractivity contribution in [2.45, 2.75) is 64.7 Å². The third-order valence-corrected chi connectivity index (χ3v) is 7.48. The van der Waals surface area contributed by atoms with Gasteiger partial charge < -0.3 is 4.74 Å². The molecule has 0 amide bonds. The number of hydrogen-bond donors (Lipinski definition) is 0. The molecule has 0 unspecified atom stereocenters. The van der Waals surface area contributed by atoms with Crippen molar-refractivity contribution < 1.29 is 4.74 Å². The molecule has 0 radical (unpaired) electrons. The van der Waals surface area contributed by atoms with Gasteiger partial charge in [-0.15, -0.1) is 0 Å². The van der Waals surface area contributed by atoms with Gasteiger partial charge in [0.15, 0.2) is 0 Å². The van der Waals surface area contributed by atoms with Crippen LogP contribution in [-0.4, -0.2) is 7.11 Å². The highest BCUT2D eigenvalue weighted by atomic mass is 16.5. The Balaban J connectivity index is 1.73. The van der Waals surface area contributed by atoms with Crippen LogP contribution in [0.25, 0.3) is 0 Å². The molecule has 1 nitrogen and oxygen atoms in total. The fourth-order valence-corrected chi connectivity index (χ4v) is 6.30. The molecule has 0 spiro atoms. The maximum atomic E-state index is 5.47. The lowest BCUT2D eigenvalue weighted by atomic mass is 9.54. The highest BCUT2D eigenvalue weighted by Gasteiger charge is 2.52. The summed E-state index contributed by atoms with van der Waals surface area (Å²) < 4.78 is 5.47. The van der Waals surface area contributed by atoms with Crippen LogP contribution >= 0.6 is 0 Å². The predicted octanol–water partition coefficient (Wildman–Crippen LogP) is 6.06. The van der Waals surface area contributed by atoms with Crippen LogP contribution in [0.15, 0.2) is 29.8 Å². The Hall–Kier alpha value is -1.24. The second-order valence-electron chi connectivity index (χ2n) is 8.32. The summed E-state index contributed by atoms with van der Waals surface area (Å²) >= 11 is 0. The number of ether oxygens (including phenoxy) is 1. The van der Waals surface area contributed by atoms with Crippen LogP contribution < -0.4 is 4.74 Å². The van der Waals surface area contributed by atoms with Crippen LogP contribution in [-0.2, 0) is 0 Å². The lowest BCUT2D eigenvalue weighted by molar-refractivity contribution is 0.0756. The van der Waals surface area contributed by atoms with E-state index in [9.17, 15) is 0 Å². The van der Waals surface area contributed by atoms with Gasteiger partial charge >= 0.3 is 0 Å². The molecule has 0 bridgehead atoms. The van der Waals surface area contributed by atoms with E-state index in [4.69, 9.17) is 4.74 Å². The summed E-state index contributed by atoms with van der Waals surface area (Å²) in [7, 11) is 1.78. The molecule has 3 aliphatic rings. The molecular weight excluding hydrogens is 280 g/mol. The van der Waals surface area contributed by atoms with Crippen LogP contribution in [0.3, 0.4) is 0 Å². The molecule has 0 heterocycles. The molecule has 0 aliphatic heterocycles. The van der Waals surface area contributed by atoms with Gasteiger partial charge in [-0.2, -0.15) is 0 Å². The van der Waals surface area contributed by atoms with E-state index in [-0.39, 0.29) is 0 Å². The van der Waals surface area contributed by atoms with Gasteiger partial charge in [0.05, 0.1) is 7.11 Å². The van der Waals surface area contributed by atoms with Crippen molar-refractivity contribution in [1.82, 2.24) is 0 Å². The first-order chi connectivity index (χ1) is 11.1. The molecule has 23 heavy (non-hydrogen) atoms. The molecule has 4 rings (SSSR count). The van der Waals surface area contributed by atoms with E-state index in [1.165, 1.54) is 32.1 Å². The number of allylic oxidation sites excluding steroid dienone is 2. The Morgan fingerprint density at radius 3 is 2.78 bits per heavy atom. The van der Waals surface area contributed by atoms with Crippen molar-refractivity contribution in [2.75, 3.05) is 7.11 Å². The lowest BCUT2D eigenvalue weighted by Crippen LogP contribution is -2.40. The molecule has 5 atom stereocenters. The van der Waals surface area contributed by atoms with Crippen molar-refractivity contribution in [3.8, 4) is 5.75 Å². The first-order valence-corrected chi connectivity index (χ1v) is 9.42. The number of hydrogen-bond acceptors (Lipinski definition) is 1. The van der Waals surface area contributed by atoms with E-state index < -0.39 is 0 Å². The van der Waals surface area contributed by atoms with Crippen molar-refractivity contribution in [3.05, 3.63) is 41.0 Å². The smallest absolute Gasteiger partial charge is 0.119 e. The molecule has 124 valence electrons. The van der Waals surface area contributed by atoms with Gasteiger partial charge in [0.2, 0.25) is 0 Å². The molecule has 1 heteroatoms. The van der Waals surface area contributed by atoms with E-state index in [0.717, 1.165) is 23.5 Å². The Bertz CT molecular complexity index is 643. The largest absolute Gasteiger partial charge is 0.497 e. The summed E-state index contributed by atoms with van der Waals surface area (Å²) in [4.78, 5) is 0. The van der Waals surface area contributed by atoms with E-state index in [2.05, 4.69) is 45.0 Å². The average Bonchev–Trinajstić information content (AvgIpc) is 2.91. The fraction of sp³-hybridized carbons (Fsp3) is 0.636. The summed E-state index contributed by atoms with van der Waals surface area (Å²) in [5.41, 5.74) is 5.41. The molecule has 0 saturated heterocycles. The maximum absolute atomic E-state index is 5.47. The molecule has 2 fully saturated rings. The van der Waals surface area contributed by atoms with Crippen LogP contribution in [0.4, 0.5) is 0 Å². The van der Waals surface area contributed by atoms with Crippen LogP contribution in [0.1, 0.15) is 75.8 Å². The summed E-state index contributed by atoms with van der Waals surface area (Å²) in [5, 5.41) is 0. The molecular formula is C22H30O. The number of benzene rings is 1. The van der Waals surface area contributed by atoms with Crippen LogP contribution in [0.2, 0.25) is 0 Å². The second kappa shape index (κ2) is 5.40. The summed E-state index contributed by atoms with van der Waals surface area (Å²) in [5.74, 6) is 4.23. The van der Waals surface area contributed by atoms with Crippen molar-refractivity contribution >= 4 is 0 Å². The standard InChI is InChI=1S/C22H30O/c1-5-15-6-9-21-20-12-14(2)19-13-16(23-4)7-8-17(19)18(20)10-11-22(15,21)3/h5,7-8,13-14,18,20-21H,6,9-12H2,1-4H3/b15-5+/t14-,18+,20+,21-,22+/m0/s1. The van der Waals surface area contributed by atoms with Gasteiger partial charge in [0.1, 0.15) is 5.75 Å². The summed E-state index contributed by atoms with van der Waals surface area (Å²) in [6.07, 6.45) is 9.27. The molecule has 1 aromatic carbocycles. The minimum Gasteiger partial charge on any atom is -0.497 e. The number of methoxy groups -OCH3 is 1. The Kier molecular flexibility index (Phi) is 3.59. The van der Waals surface area contributed by atoms with Gasteiger partial charge in [-0.1, -0.05) is 31.6 Å². The van der Waals surface area contributed by atoms with Crippen LogP contribution in [0.5, 0.6) is 5.75 Å². The second-order valence-corrected chi connectivity index (χ2v) is 8.32. The highest BCUT2D eigenvalue weighted by Crippen LogP contribution is 2.64. The normalized spacial score (nSPS) is 40.4. The van der Waals surface area contributed by atoms with E-state index in [1.807, 2.05) is 0 Å². The third kappa shape index (κ3) is 2.12. The van der Waals surface area contributed by atoms with Crippen LogP contribution in [0, 0.1) is 17.3 Å². The quantitative estimate of drug-likeness (QED) is 0.573. The molecule has 1 aromatic rings.